The lowest BCUT2D eigenvalue weighted by atomic mass is 9.83. The second kappa shape index (κ2) is 13.8. The van der Waals surface area contributed by atoms with Gasteiger partial charge in [0.1, 0.15) is 11.6 Å². The first-order chi connectivity index (χ1) is 13.7. The number of rotatable bonds is 8. The number of hydrogen-bond acceptors (Lipinski definition) is 5. The number of ether oxygens (including phenoxy) is 2. The molecule has 0 aliphatic rings. The van der Waals surface area contributed by atoms with Crippen LogP contribution in [0.1, 0.15) is 68.7 Å². The summed E-state index contributed by atoms with van der Waals surface area (Å²) in [6, 6.07) is -0.869. The molecule has 2 amide bonds. The SMILES string of the molecule is C=CC(C)(C)C(NC(=O)OC(C)(C)C)C(=O)N(C)C/C=C(\C)C(=O)OCC.CCC. The summed E-state index contributed by atoms with van der Waals surface area (Å²) in [7, 11) is 1.60. The van der Waals surface area contributed by atoms with Crippen molar-refractivity contribution in [3.8, 4) is 0 Å². The number of carbonyl (C=O) groups is 3. The Morgan fingerprint density at radius 3 is 2.00 bits per heavy atom. The van der Waals surface area contributed by atoms with E-state index in [4.69, 9.17) is 9.47 Å². The van der Waals surface area contributed by atoms with Gasteiger partial charge in [0.15, 0.2) is 0 Å². The van der Waals surface area contributed by atoms with E-state index in [1.54, 1.807) is 67.7 Å². The predicted molar refractivity (Wildman–Crippen MR) is 121 cm³/mol. The van der Waals surface area contributed by atoms with Gasteiger partial charge in [-0.2, -0.15) is 0 Å². The van der Waals surface area contributed by atoms with Crippen molar-refractivity contribution < 1.29 is 23.9 Å². The molecule has 7 heteroatoms. The minimum absolute atomic E-state index is 0.198. The minimum Gasteiger partial charge on any atom is -0.463 e. The fraction of sp³-hybridized carbons (Fsp3) is 0.696. The number of amides is 2. The third-order valence-electron chi connectivity index (χ3n) is 3.82. The maximum atomic E-state index is 12.9. The maximum absolute atomic E-state index is 12.9. The van der Waals surface area contributed by atoms with Crippen molar-refractivity contribution >= 4 is 18.0 Å². The first-order valence-corrected chi connectivity index (χ1v) is 10.4. The van der Waals surface area contributed by atoms with E-state index >= 15 is 0 Å². The molecule has 0 rings (SSSR count). The van der Waals surface area contributed by atoms with Gasteiger partial charge in [0.25, 0.3) is 0 Å². The Balaban J connectivity index is 0. The normalized spacial score (nSPS) is 12.7. The Hall–Kier alpha value is -2.31. The number of esters is 1. The molecular formula is C23H42N2O5. The van der Waals surface area contributed by atoms with E-state index in [9.17, 15) is 14.4 Å². The molecule has 30 heavy (non-hydrogen) atoms. The van der Waals surface area contributed by atoms with Crippen molar-refractivity contribution in [3.63, 3.8) is 0 Å². The molecule has 0 saturated carbocycles. The van der Waals surface area contributed by atoms with Crippen LogP contribution in [0.5, 0.6) is 0 Å². The highest BCUT2D eigenvalue weighted by Gasteiger charge is 2.37. The average Bonchev–Trinajstić information content (AvgIpc) is 2.62. The molecule has 0 saturated heterocycles. The van der Waals surface area contributed by atoms with E-state index in [1.165, 1.54) is 11.3 Å². The van der Waals surface area contributed by atoms with Crippen molar-refractivity contribution in [1.82, 2.24) is 10.2 Å². The fourth-order valence-electron chi connectivity index (χ4n) is 2.02. The molecular weight excluding hydrogens is 384 g/mol. The molecule has 0 spiro atoms. The average molecular weight is 427 g/mol. The van der Waals surface area contributed by atoms with Crippen LogP contribution in [0.25, 0.3) is 0 Å². The summed E-state index contributed by atoms with van der Waals surface area (Å²) in [6.45, 7) is 20.7. The summed E-state index contributed by atoms with van der Waals surface area (Å²) in [5.41, 5.74) is -0.972. The highest BCUT2D eigenvalue weighted by molar-refractivity contribution is 5.89. The van der Waals surface area contributed by atoms with Crippen LogP contribution < -0.4 is 5.32 Å². The van der Waals surface area contributed by atoms with E-state index in [0.29, 0.717) is 5.57 Å². The third kappa shape index (κ3) is 12.3. The van der Waals surface area contributed by atoms with E-state index in [1.807, 2.05) is 0 Å². The molecule has 0 aromatic rings. The summed E-state index contributed by atoms with van der Waals surface area (Å²) in [6.07, 6.45) is 3.80. The van der Waals surface area contributed by atoms with Gasteiger partial charge in [-0.25, -0.2) is 9.59 Å². The van der Waals surface area contributed by atoms with Gasteiger partial charge in [-0.05, 0) is 34.6 Å². The van der Waals surface area contributed by atoms with Gasteiger partial charge in [-0.15, -0.1) is 6.58 Å². The zero-order valence-corrected chi connectivity index (χ0v) is 20.5. The Kier molecular flexibility index (Phi) is 13.8. The standard InChI is InChI=1S/C20H34N2O5.C3H8/c1-10-20(7,8)15(21-18(25)27-19(4,5)6)16(23)22(9)13-12-14(3)17(24)26-11-2;1-3-2/h10,12,15H,1,11,13H2,2-9H3,(H,21,25);3H2,1-2H3/b14-12+;. The summed E-state index contributed by atoms with van der Waals surface area (Å²) >= 11 is 0. The Bertz CT molecular complexity index is 603. The minimum atomic E-state index is -0.869. The van der Waals surface area contributed by atoms with Gasteiger partial charge >= 0.3 is 12.1 Å². The molecule has 174 valence electrons. The summed E-state index contributed by atoms with van der Waals surface area (Å²) in [4.78, 5) is 38.2. The van der Waals surface area contributed by atoms with Gasteiger partial charge in [-0.3, -0.25) is 4.79 Å². The molecule has 0 aromatic carbocycles. The third-order valence-corrected chi connectivity index (χ3v) is 3.82. The first-order valence-electron chi connectivity index (χ1n) is 10.4. The van der Waals surface area contributed by atoms with Crippen molar-refractivity contribution in [2.24, 2.45) is 5.41 Å². The quantitative estimate of drug-likeness (QED) is 0.351. The second-order valence-electron chi connectivity index (χ2n) is 8.64. The number of carbonyl (C=O) groups excluding carboxylic acids is 3. The monoisotopic (exact) mass is 426 g/mol. The Morgan fingerprint density at radius 2 is 1.60 bits per heavy atom. The van der Waals surface area contributed by atoms with Crippen molar-refractivity contribution in [2.75, 3.05) is 20.2 Å². The molecule has 0 aliphatic heterocycles. The highest BCUT2D eigenvalue weighted by Crippen LogP contribution is 2.24. The van der Waals surface area contributed by atoms with E-state index in [-0.39, 0.29) is 19.1 Å². The summed E-state index contributed by atoms with van der Waals surface area (Å²) in [5, 5.41) is 2.64. The van der Waals surface area contributed by atoms with Crippen LogP contribution in [0.3, 0.4) is 0 Å². The topological polar surface area (TPSA) is 84.9 Å². The largest absolute Gasteiger partial charge is 0.463 e. The summed E-state index contributed by atoms with van der Waals surface area (Å²) < 4.78 is 10.2. The van der Waals surface area contributed by atoms with Gasteiger partial charge in [-0.1, -0.05) is 46.3 Å². The predicted octanol–water partition coefficient (Wildman–Crippen LogP) is 4.48. The molecule has 0 heterocycles. The summed E-state index contributed by atoms with van der Waals surface area (Å²) in [5.74, 6) is -0.744. The molecule has 1 atom stereocenters. The molecule has 0 bridgehead atoms. The number of alkyl carbamates (subject to hydrolysis) is 1. The van der Waals surface area contributed by atoms with E-state index in [0.717, 1.165) is 0 Å². The zero-order chi connectivity index (χ0) is 24.1. The molecule has 0 radical (unpaired) electrons. The number of nitrogens with one attached hydrogen (secondary N) is 1. The van der Waals surface area contributed by atoms with Crippen LogP contribution in [0, 0.1) is 5.41 Å². The van der Waals surface area contributed by atoms with Gasteiger partial charge in [0.05, 0.1) is 6.61 Å². The Morgan fingerprint density at radius 1 is 1.10 bits per heavy atom. The molecule has 1 N–H and O–H groups in total. The van der Waals surface area contributed by atoms with Gasteiger partial charge in [0, 0.05) is 24.6 Å². The lowest BCUT2D eigenvalue weighted by molar-refractivity contribution is -0.138. The molecule has 1 unspecified atom stereocenters. The van der Waals surface area contributed by atoms with Crippen LogP contribution >= 0.6 is 0 Å². The maximum Gasteiger partial charge on any atom is 0.408 e. The van der Waals surface area contributed by atoms with E-state index in [2.05, 4.69) is 25.7 Å². The molecule has 7 nitrogen and oxygen atoms in total. The van der Waals surface area contributed by atoms with Crippen LogP contribution in [0.15, 0.2) is 24.3 Å². The van der Waals surface area contributed by atoms with Gasteiger partial charge < -0.3 is 19.7 Å². The lowest BCUT2D eigenvalue weighted by Gasteiger charge is -2.34. The first kappa shape index (κ1) is 29.9. The molecule has 0 aliphatic carbocycles. The van der Waals surface area contributed by atoms with Crippen molar-refractivity contribution in [2.45, 2.75) is 80.4 Å². The second-order valence-corrected chi connectivity index (χ2v) is 8.64. The van der Waals surface area contributed by atoms with Crippen LogP contribution in [0.4, 0.5) is 4.79 Å². The van der Waals surface area contributed by atoms with Crippen LogP contribution in [0.2, 0.25) is 0 Å². The smallest absolute Gasteiger partial charge is 0.408 e. The Labute approximate surface area is 182 Å². The van der Waals surface area contributed by atoms with Crippen LogP contribution in [-0.4, -0.2) is 54.7 Å². The lowest BCUT2D eigenvalue weighted by Crippen LogP contribution is -2.55. The molecule has 0 fully saturated rings. The van der Waals surface area contributed by atoms with Crippen LogP contribution in [-0.2, 0) is 19.1 Å². The fourth-order valence-corrected chi connectivity index (χ4v) is 2.02. The van der Waals surface area contributed by atoms with Gasteiger partial charge in [0.2, 0.25) is 5.91 Å². The zero-order valence-electron chi connectivity index (χ0n) is 20.5. The molecule has 0 aromatic heterocycles. The van der Waals surface area contributed by atoms with E-state index < -0.39 is 29.1 Å². The number of likely N-dealkylation sites (N-methyl/N-ethyl adjacent to an activating group) is 1. The van der Waals surface area contributed by atoms with Crippen molar-refractivity contribution in [1.29, 1.82) is 0 Å². The highest BCUT2D eigenvalue weighted by atomic mass is 16.6. The number of hydrogen-bond donors (Lipinski definition) is 1. The van der Waals surface area contributed by atoms with Crippen molar-refractivity contribution in [3.05, 3.63) is 24.3 Å². The number of nitrogens with zero attached hydrogens (tertiary/aromatic N) is 1.